The van der Waals surface area contributed by atoms with Crippen molar-refractivity contribution in [3.05, 3.63) is 70.8 Å². The zero-order valence-corrected chi connectivity index (χ0v) is 34.8. The fourth-order valence-electron chi connectivity index (χ4n) is 5.93. The first-order valence-corrected chi connectivity index (χ1v) is 21.1. The molecule has 0 radical (unpaired) electrons. The van der Waals surface area contributed by atoms with Crippen LogP contribution in [-0.4, -0.2) is 171 Å². The van der Waals surface area contributed by atoms with Crippen LogP contribution in [0.1, 0.15) is 41.4 Å². The molecule has 4 rings (SSSR count). The molecule has 2 aromatic rings. The number of rotatable bonds is 15. The van der Waals surface area contributed by atoms with Crippen LogP contribution in [0.4, 0.5) is 79.0 Å². The number of halogens is 18. The van der Waals surface area contributed by atoms with Gasteiger partial charge in [-0.1, -0.05) is 0 Å². The van der Waals surface area contributed by atoms with Gasteiger partial charge in [0.05, 0.1) is 11.1 Å². The number of benzene rings is 2. The van der Waals surface area contributed by atoms with Crippen LogP contribution in [-0.2, 0) is 29.5 Å². The molecule has 68 heavy (non-hydrogen) atoms. The Labute approximate surface area is 369 Å². The molecule has 0 bridgehead atoms. The van der Waals surface area contributed by atoms with E-state index in [9.17, 15) is 115 Å². The number of piperazine rings is 2. The number of ether oxygens (including phenoxy) is 2. The predicted molar refractivity (Wildman–Crippen MR) is 188 cm³/mol. The van der Waals surface area contributed by atoms with Crippen LogP contribution in [0.2, 0.25) is 0 Å². The molecule has 0 aromatic heterocycles. The SMILES string of the molecule is O=C(OCCOC(=O)c1ccc(C(=O)N2CCN(S(=O)(=O)C(F)(F)C(F)(F)C(F)(F)C(F)(F)F)CC2)cc1)c1ccc(C(=O)N2CCN(S(=O)(=O)C(F)(F)C(F)(F)C(F)(F)C(F)(F)F)CC2)cc1. The highest BCUT2D eigenvalue weighted by Crippen LogP contribution is 2.56. The van der Waals surface area contributed by atoms with Crippen molar-refractivity contribution in [3.8, 4) is 0 Å². The van der Waals surface area contributed by atoms with Gasteiger partial charge in [-0.25, -0.2) is 26.4 Å². The molecular weight excluding hydrogens is 1030 g/mol. The van der Waals surface area contributed by atoms with Crippen molar-refractivity contribution in [3.63, 3.8) is 0 Å². The van der Waals surface area contributed by atoms with Crippen molar-refractivity contribution in [2.24, 2.45) is 0 Å². The van der Waals surface area contributed by atoms with E-state index in [1.54, 1.807) is 0 Å². The van der Waals surface area contributed by atoms with E-state index in [-0.39, 0.29) is 22.3 Å². The average Bonchev–Trinajstić information content (AvgIpc) is 3.26. The lowest BCUT2D eigenvalue weighted by atomic mass is 10.1. The van der Waals surface area contributed by atoms with E-state index in [4.69, 9.17) is 9.47 Å². The maximum absolute atomic E-state index is 14.2. The molecule has 2 aliphatic rings. The van der Waals surface area contributed by atoms with Crippen LogP contribution in [0.25, 0.3) is 0 Å². The Morgan fingerprint density at radius 3 is 0.868 bits per heavy atom. The minimum absolute atomic E-state index is 0.226. The van der Waals surface area contributed by atoms with E-state index in [0.717, 1.165) is 58.3 Å². The summed E-state index contributed by atoms with van der Waals surface area (Å²) in [6, 6.07) is 8.11. The van der Waals surface area contributed by atoms with Gasteiger partial charge in [-0.05, 0) is 48.5 Å². The summed E-state index contributed by atoms with van der Waals surface area (Å²) in [5.74, 6) is -33.9. The summed E-state index contributed by atoms with van der Waals surface area (Å²) in [5.41, 5.74) is -0.934. The summed E-state index contributed by atoms with van der Waals surface area (Å²) < 4.78 is 297. The summed E-state index contributed by atoms with van der Waals surface area (Å²) in [6.07, 6.45) is -14.5. The first-order valence-electron chi connectivity index (χ1n) is 18.3. The van der Waals surface area contributed by atoms with Gasteiger partial charge in [0, 0.05) is 63.5 Å². The van der Waals surface area contributed by atoms with E-state index in [1.807, 2.05) is 0 Å². The van der Waals surface area contributed by atoms with Crippen molar-refractivity contribution in [1.82, 2.24) is 18.4 Å². The first-order chi connectivity index (χ1) is 30.7. The highest BCUT2D eigenvalue weighted by atomic mass is 32.2. The van der Waals surface area contributed by atoms with E-state index in [2.05, 4.69) is 0 Å². The number of hydrogen-bond acceptors (Lipinski definition) is 10. The van der Waals surface area contributed by atoms with Gasteiger partial charge in [0.1, 0.15) is 13.2 Å². The zero-order chi connectivity index (χ0) is 52.1. The van der Waals surface area contributed by atoms with Crippen molar-refractivity contribution < 1.29 is 125 Å². The Kier molecular flexibility index (Phi) is 15.2. The van der Waals surface area contributed by atoms with Gasteiger partial charge in [-0.2, -0.15) is 87.6 Å². The topological polar surface area (TPSA) is 168 Å². The molecule has 0 atom stereocenters. The van der Waals surface area contributed by atoms with Crippen molar-refractivity contribution in [2.75, 3.05) is 65.6 Å². The van der Waals surface area contributed by atoms with Gasteiger partial charge in [-0.15, -0.1) is 0 Å². The van der Waals surface area contributed by atoms with Gasteiger partial charge in [-0.3, -0.25) is 9.59 Å². The Balaban J connectivity index is 1.24. The van der Waals surface area contributed by atoms with Crippen molar-refractivity contribution in [2.45, 2.75) is 46.6 Å². The Hall–Kier alpha value is -5.12. The Morgan fingerprint density at radius 2 is 0.632 bits per heavy atom. The van der Waals surface area contributed by atoms with Crippen LogP contribution in [0.5, 0.6) is 0 Å². The predicted octanol–water partition coefficient (Wildman–Crippen LogP) is 5.73. The van der Waals surface area contributed by atoms with Gasteiger partial charge >= 0.3 is 58.5 Å². The number of nitrogens with zero attached hydrogens (tertiary/aromatic N) is 4. The number of hydrogen-bond donors (Lipinski definition) is 0. The molecule has 14 nitrogen and oxygen atoms in total. The third kappa shape index (κ3) is 9.72. The fraction of sp³-hybridized carbons (Fsp3) is 0.529. The summed E-state index contributed by atoms with van der Waals surface area (Å²) in [6.45, 7) is -9.48. The molecule has 0 N–H and O–H groups in total. The minimum atomic E-state index is -7.47. The average molecular weight is 1060 g/mol. The molecule has 0 saturated carbocycles. The Bertz CT molecular complexity index is 2270. The number of alkyl halides is 18. The molecule has 0 aliphatic carbocycles. The number of carbonyl (C=O) groups excluding carboxylic acids is 4. The van der Waals surface area contributed by atoms with Crippen molar-refractivity contribution in [1.29, 1.82) is 0 Å². The molecule has 34 heteroatoms. The molecule has 2 saturated heterocycles. The summed E-state index contributed by atoms with van der Waals surface area (Å²) in [7, 11) is -13.8. The highest BCUT2D eigenvalue weighted by molar-refractivity contribution is 7.90. The van der Waals surface area contributed by atoms with Crippen molar-refractivity contribution >= 4 is 43.8 Å². The lowest BCUT2D eigenvalue weighted by Crippen LogP contribution is -2.66. The third-order valence-corrected chi connectivity index (χ3v) is 13.8. The smallest absolute Gasteiger partial charge is 0.458 e. The first kappa shape index (κ1) is 55.5. The monoisotopic (exact) mass is 1060 g/mol. The van der Waals surface area contributed by atoms with E-state index >= 15 is 0 Å². The molecular formula is C34H28F18N4O10S2. The highest BCUT2D eigenvalue weighted by Gasteiger charge is 2.87. The van der Waals surface area contributed by atoms with Crippen LogP contribution in [0, 0.1) is 0 Å². The maximum atomic E-state index is 14.2. The Morgan fingerprint density at radius 1 is 0.397 bits per heavy atom. The van der Waals surface area contributed by atoms with Gasteiger partial charge in [0.15, 0.2) is 0 Å². The van der Waals surface area contributed by atoms with Crippen LogP contribution in [0.15, 0.2) is 48.5 Å². The molecule has 2 aliphatic heterocycles. The zero-order valence-electron chi connectivity index (χ0n) is 33.2. The maximum Gasteiger partial charge on any atom is 0.460 e. The molecule has 2 fully saturated rings. The molecule has 0 spiro atoms. The van der Waals surface area contributed by atoms with E-state index in [0.29, 0.717) is 0 Å². The van der Waals surface area contributed by atoms with Crippen LogP contribution in [0.3, 0.4) is 0 Å². The second-order valence-corrected chi connectivity index (χ2v) is 18.1. The lowest BCUT2D eigenvalue weighted by Gasteiger charge is -2.38. The number of esters is 2. The standard InChI is InChI=1S/C34H28F18N4O10S2/c35-27(36,31(43,44)45)29(39,40)33(49,50)67(61,62)55-13-9-53(10-14-55)23(57)19-1-5-21(6-2-19)25(59)65-17-18-66-26(60)22-7-3-20(4-8-22)24(58)54-11-15-56(16-12-54)68(63,64)34(51,52)30(41,42)28(37,38)32(46,47)48/h1-8H,9-18H2. The molecule has 2 amide bonds. The lowest BCUT2D eigenvalue weighted by molar-refractivity contribution is -0.382. The van der Waals surface area contributed by atoms with Gasteiger partial charge in [0.2, 0.25) is 0 Å². The van der Waals surface area contributed by atoms with Gasteiger partial charge in [0.25, 0.3) is 31.9 Å². The fourth-order valence-corrected chi connectivity index (χ4v) is 8.77. The molecule has 0 unspecified atom stereocenters. The largest absolute Gasteiger partial charge is 0.460 e. The summed E-state index contributed by atoms with van der Waals surface area (Å²) in [4.78, 5) is 52.2. The number of amides is 2. The summed E-state index contributed by atoms with van der Waals surface area (Å²) >= 11 is 0. The second-order valence-electron chi connectivity index (χ2n) is 14.1. The normalized spacial score (nSPS) is 17.2. The van der Waals surface area contributed by atoms with Crippen LogP contribution >= 0.6 is 0 Å². The quantitative estimate of drug-likeness (QED) is 0.122. The summed E-state index contributed by atoms with van der Waals surface area (Å²) in [5, 5.41) is -13.9. The van der Waals surface area contributed by atoms with E-state index < -0.39 is 165 Å². The van der Waals surface area contributed by atoms with E-state index in [1.165, 1.54) is 0 Å². The molecule has 2 heterocycles. The third-order valence-electron chi connectivity index (χ3n) is 9.90. The minimum Gasteiger partial charge on any atom is -0.458 e. The molecule has 382 valence electrons. The molecule has 2 aromatic carbocycles. The number of carbonyl (C=O) groups is 4. The van der Waals surface area contributed by atoms with Gasteiger partial charge < -0.3 is 19.3 Å². The number of sulfonamides is 2. The second kappa shape index (κ2) is 18.7. The van der Waals surface area contributed by atoms with Crippen LogP contribution < -0.4 is 0 Å².